The lowest BCUT2D eigenvalue weighted by Gasteiger charge is -2.26. The fourth-order valence-corrected chi connectivity index (χ4v) is 23.2. The zero-order chi connectivity index (χ0) is 79.3. The third kappa shape index (κ3) is 14.6. The molecule has 9 N–H and O–H groups in total. The van der Waals surface area contributed by atoms with Crippen molar-refractivity contribution in [3.63, 3.8) is 0 Å². The van der Waals surface area contributed by atoms with Gasteiger partial charge < -0.3 is 40.8 Å². The van der Waals surface area contributed by atoms with Crippen LogP contribution >= 0.6 is 0 Å². The third-order valence-corrected chi connectivity index (χ3v) is 29.5. The molecule has 4 aromatic carbocycles. The lowest BCUT2D eigenvalue weighted by Crippen LogP contribution is -2.36. The van der Waals surface area contributed by atoms with E-state index in [2.05, 4.69) is 80.1 Å². The number of nitrogens with one attached hydrogen (secondary N) is 9. The number of rotatable bonds is 12. The highest BCUT2D eigenvalue weighted by Crippen LogP contribution is 2.45. The van der Waals surface area contributed by atoms with Gasteiger partial charge in [-0.25, -0.2) is 81.1 Å². The van der Waals surface area contributed by atoms with Crippen LogP contribution in [0, 0.1) is 0 Å². The normalized spacial score (nSPS) is 17.9. The highest BCUT2D eigenvalue weighted by atomic mass is 32.2. The average molecular weight is 1640 g/mol. The lowest BCUT2D eigenvalue weighted by molar-refractivity contribution is -0.119. The van der Waals surface area contributed by atoms with Crippen LogP contribution in [-0.4, -0.2) is 132 Å². The number of carbonyl (C=O) groups is 4. The number of carbonyl (C=O) groups excluding carboxylic acids is 4. The number of anilines is 6. The van der Waals surface area contributed by atoms with Gasteiger partial charge in [-0.15, -0.1) is 0 Å². The molecule has 8 amide bonds. The van der Waals surface area contributed by atoms with Crippen molar-refractivity contribution in [2.24, 2.45) is 0 Å². The molecule has 0 atom stereocenters. The van der Waals surface area contributed by atoms with E-state index >= 15 is 0 Å². The maximum Gasteiger partial charge on any atom is 0.334 e. The molecule has 4 aliphatic heterocycles. The van der Waals surface area contributed by atoms with Crippen molar-refractivity contribution in [1.29, 1.82) is 0 Å². The molecule has 604 valence electrons. The molecule has 20 rings (SSSR count). The molecule has 0 unspecified atom stereocenters. The van der Waals surface area contributed by atoms with Crippen molar-refractivity contribution in [1.82, 2.24) is 52.5 Å². The zero-order valence-corrected chi connectivity index (χ0v) is 66.6. The van der Waals surface area contributed by atoms with Crippen LogP contribution in [0.3, 0.4) is 0 Å². The Kier molecular flexibility index (Phi) is 20.1. The average Bonchev–Trinajstić information content (AvgIpc) is 1.59. The van der Waals surface area contributed by atoms with Gasteiger partial charge in [0.1, 0.15) is 31.2 Å². The molecular weight excluding hydrogens is 1550 g/mol. The van der Waals surface area contributed by atoms with Gasteiger partial charge >= 0.3 is 30.2 Å². The van der Waals surface area contributed by atoms with Gasteiger partial charge in [0.05, 0.1) is 44.2 Å². The number of hydrogen-bond donors (Lipinski definition) is 9. The Balaban J connectivity index is 0.000000110. The number of ether oxygens (including phenoxy) is 1. The molecule has 0 saturated heterocycles. The summed E-state index contributed by atoms with van der Waals surface area (Å²) in [5, 5.41) is 22.5. The maximum absolute atomic E-state index is 14.0. The first-order chi connectivity index (χ1) is 54.6. The molecule has 8 aliphatic carbocycles. The van der Waals surface area contributed by atoms with E-state index < -0.39 is 87.5 Å². The van der Waals surface area contributed by atoms with Gasteiger partial charge in [0.2, 0.25) is 5.88 Å². The first kappa shape index (κ1) is 76.6. The highest BCUT2D eigenvalue weighted by Gasteiger charge is 2.42. The Morgan fingerprint density at radius 3 is 1.23 bits per heavy atom. The van der Waals surface area contributed by atoms with Gasteiger partial charge in [0, 0.05) is 74.9 Å². The Morgan fingerprint density at radius 1 is 0.439 bits per heavy atom. The second-order valence-corrected chi connectivity index (χ2v) is 37.9. The number of amides is 8. The van der Waals surface area contributed by atoms with Crippen molar-refractivity contribution in [3.05, 3.63) is 156 Å². The van der Waals surface area contributed by atoms with Crippen LogP contribution in [0.15, 0.2) is 80.8 Å². The number of fused-ring (bicyclic) bond motifs is 12. The Bertz CT molecular complexity index is 5690. The number of alkyl halides is 2. The number of sulfonamides is 4. The van der Waals surface area contributed by atoms with Crippen molar-refractivity contribution in [2.75, 3.05) is 71.8 Å². The van der Waals surface area contributed by atoms with E-state index in [1.165, 1.54) is 79.2 Å². The molecule has 30 nitrogen and oxygen atoms in total. The summed E-state index contributed by atoms with van der Waals surface area (Å²) in [6.07, 6.45) is 28.5. The minimum Gasteiger partial charge on any atom is -0.477 e. The molecule has 12 aliphatic rings. The Labute approximate surface area is 659 Å². The number of nitrogens with zero attached hydrogens (tertiary/aromatic N) is 8. The van der Waals surface area contributed by atoms with Crippen LogP contribution in [0.4, 0.5) is 62.3 Å². The maximum atomic E-state index is 14.0. The van der Waals surface area contributed by atoms with Crippen molar-refractivity contribution < 1.29 is 66.4 Å². The van der Waals surface area contributed by atoms with Gasteiger partial charge in [-0.1, -0.05) is 24.3 Å². The van der Waals surface area contributed by atoms with E-state index in [1.54, 1.807) is 21.6 Å². The third-order valence-electron chi connectivity index (χ3n) is 24.1. The predicted octanol–water partition coefficient (Wildman–Crippen LogP) is 9.35. The molecular formula is C78H91F2N17O13S4. The van der Waals surface area contributed by atoms with Crippen LogP contribution in [0.2, 0.25) is 0 Å². The van der Waals surface area contributed by atoms with Gasteiger partial charge in [0.25, 0.3) is 40.1 Å². The van der Waals surface area contributed by atoms with Gasteiger partial charge in [-0.2, -0.15) is 19.0 Å². The first-order valence-corrected chi connectivity index (χ1v) is 45.3. The number of urea groups is 4. The molecule has 8 aromatic rings. The molecule has 114 heavy (non-hydrogen) atoms. The van der Waals surface area contributed by atoms with Gasteiger partial charge in [-0.3, -0.25) is 9.47 Å². The summed E-state index contributed by atoms with van der Waals surface area (Å²) in [7, 11) is -12.6. The summed E-state index contributed by atoms with van der Waals surface area (Å²) in [6.45, 7) is 4.42. The number of aryl methyl sites for hydroxylation is 8. The molecule has 4 aromatic heterocycles. The second kappa shape index (κ2) is 30.0. The first-order valence-electron chi connectivity index (χ1n) is 39.3. The SMILES string of the molecule is CN1CCn2ccc(S(=O)(=O)NC(=O)Nc3c4c(cc5c3CCC5)CCC4)c2C1.CN1CCn2ncc(S(=O)(=O)NC(=O)Nc3c4c(cc5c3CCC5)CCC4)c21.O=C(Nc1c2c(cc3c1CCC3)CCC2)NS(=O)(=O)c1ccn2c1OCCC2(F)F.O=C(Nc1c2c(cc3c1CCC3)CCC2)NS(=O)(=O)c1cnn2c1NCC2. The van der Waals surface area contributed by atoms with E-state index in [0.717, 1.165) is 224 Å². The Hall–Kier alpha value is -10.0. The molecule has 0 fully saturated rings. The van der Waals surface area contributed by atoms with Crippen molar-refractivity contribution in [3.8, 4) is 5.88 Å². The number of halogens is 2. The summed E-state index contributed by atoms with van der Waals surface area (Å²) < 4.78 is 150. The molecule has 0 spiro atoms. The molecule has 0 bridgehead atoms. The van der Waals surface area contributed by atoms with E-state index in [4.69, 9.17) is 4.74 Å². The van der Waals surface area contributed by atoms with E-state index in [1.807, 2.05) is 28.3 Å². The number of likely N-dealkylation sites (N-methyl/N-ethyl adjacent to an activating group) is 2. The van der Waals surface area contributed by atoms with Crippen molar-refractivity contribution >= 4 is 98.6 Å². The molecule has 0 radical (unpaired) electrons. The fraction of sp³-hybridized carbons (Fsp3) is 0.462. The summed E-state index contributed by atoms with van der Waals surface area (Å²) in [4.78, 5) is 54.2. The van der Waals surface area contributed by atoms with Gasteiger partial charge in [-0.05, 0) is 262 Å². The quantitative estimate of drug-likeness (QED) is 0.0550. The minimum atomic E-state index is -4.40. The fourth-order valence-electron chi connectivity index (χ4n) is 18.9. The van der Waals surface area contributed by atoms with Crippen LogP contribution in [0.5, 0.6) is 5.88 Å². The lowest BCUT2D eigenvalue weighted by atomic mass is 9.99. The van der Waals surface area contributed by atoms with Crippen LogP contribution in [-0.2, 0) is 175 Å². The monoisotopic (exact) mass is 1640 g/mol. The summed E-state index contributed by atoms with van der Waals surface area (Å²) in [5.41, 5.74) is 23.2. The number of hydrogen-bond acceptors (Lipinski definition) is 18. The minimum absolute atomic E-state index is 0.00123. The van der Waals surface area contributed by atoms with E-state index in [9.17, 15) is 61.6 Å². The van der Waals surface area contributed by atoms with Crippen LogP contribution < -0.4 is 55.1 Å². The van der Waals surface area contributed by atoms with Gasteiger partial charge in [0.15, 0.2) is 0 Å². The summed E-state index contributed by atoms with van der Waals surface area (Å²) in [5.74, 6) is 0.478. The molecule has 8 heterocycles. The van der Waals surface area contributed by atoms with Crippen LogP contribution in [0.1, 0.15) is 152 Å². The van der Waals surface area contributed by atoms with Crippen LogP contribution in [0.25, 0.3) is 0 Å². The highest BCUT2D eigenvalue weighted by molar-refractivity contribution is 7.91. The van der Waals surface area contributed by atoms with E-state index in [-0.39, 0.29) is 21.3 Å². The number of aromatic nitrogens is 6. The van der Waals surface area contributed by atoms with Crippen molar-refractivity contribution in [2.45, 2.75) is 212 Å². The Morgan fingerprint density at radius 2 is 0.807 bits per heavy atom. The standard InChI is InChI=1S/C21H26N4O3S.C20H21F2N3O4S.C19H23N5O3S.C18H21N5O3S/c1-24-10-11-25-9-8-19(18(25)13-24)29(27,28)23-21(26)22-20-16-6-2-4-14(16)12-15-5-3-7-17(15)20;21-20(22)8-10-29-18-16(7-9-25(18)20)30(27,28)24-19(26)23-17-14-5-1-3-12(14)11-13-4-2-6-15(13)17;1-23-8-9-24-18(23)16(11-20-24)28(26,27)22-19(25)21-17-14-6-2-4-12(14)10-13-5-3-7-15(13)17;24-18(22-27(25,26)15-10-20-23-8-7-19-17(15)23)21-16-13-5-1-3-11(13)9-12-4-2-6-14(12)16/h8-9,12H,2-7,10-11,13H2,1H3,(H2,22,23,26);7,9,11H,1-6,8,10H2,(H2,23,24,26);10-11H,2-9H2,1H3,(H2,21,22,25);9-10,19H,1-8H2,(H2,21,22,24). The molecule has 36 heteroatoms. The summed E-state index contributed by atoms with van der Waals surface area (Å²) >= 11 is 0. The zero-order valence-electron chi connectivity index (χ0n) is 63.4. The predicted molar refractivity (Wildman–Crippen MR) is 421 cm³/mol. The molecule has 0 saturated carbocycles. The smallest absolute Gasteiger partial charge is 0.334 e. The van der Waals surface area contributed by atoms with E-state index in [0.29, 0.717) is 54.6 Å². The second-order valence-electron chi connectivity index (χ2n) is 31.3. The largest absolute Gasteiger partial charge is 0.477 e. The summed E-state index contributed by atoms with van der Waals surface area (Å²) in [6, 6.07) is 5.37. The number of benzene rings is 4. The topological polar surface area (TPSA) is 374 Å².